The van der Waals surface area contributed by atoms with Crippen LogP contribution in [0, 0.1) is 0 Å². The van der Waals surface area contributed by atoms with Crippen molar-refractivity contribution in [3.63, 3.8) is 0 Å². The van der Waals surface area contributed by atoms with Gasteiger partial charge in [0.15, 0.2) is 5.78 Å². The standard InChI is InChI=1S/C22H23ClN6O3/c1-11(6-16(30)19-18(23)20(31-5)26-10-25-19)17-8-14(29-32-17)12-7-13-15(27-12)9-24-21(28-13)22(2,3)4/h8-11H,6-7H2,1-5H3/t11-/m0/s1. The summed E-state index contributed by atoms with van der Waals surface area (Å²) in [6.07, 6.45) is 3.69. The Kier molecular flexibility index (Phi) is 5.77. The summed E-state index contributed by atoms with van der Waals surface area (Å²) in [5.41, 5.74) is 2.98. The average Bonchev–Trinajstić information content (AvgIpc) is 3.39. The highest BCUT2D eigenvalue weighted by molar-refractivity contribution is 6.34. The number of nitrogens with zero attached hydrogens (tertiary/aromatic N) is 6. The first-order chi connectivity index (χ1) is 15.2. The second-order valence-corrected chi connectivity index (χ2v) is 9.08. The van der Waals surface area contributed by atoms with Crippen LogP contribution in [-0.4, -0.2) is 43.7 Å². The van der Waals surface area contributed by atoms with E-state index in [1.807, 2.05) is 13.0 Å². The van der Waals surface area contributed by atoms with Crippen LogP contribution in [0.25, 0.3) is 0 Å². The number of ketones is 1. The van der Waals surface area contributed by atoms with Gasteiger partial charge in [0.25, 0.3) is 0 Å². The molecule has 0 aromatic carbocycles. The first kappa shape index (κ1) is 22.0. The van der Waals surface area contributed by atoms with Crippen LogP contribution in [0.15, 0.2) is 28.1 Å². The van der Waals surface area contributed by atoms with Gasteiger partial charge >= 0.3 is 0 Å². The molecule has 166 valence electrons. The largest absolute Gasteiger partial charge is 0.480 e. The molecule has 10 heteroatoms. The Bertz CT molecular complexity index is 1210. The fraction of sp³-hybridized carbons (Fsp3) is 0.409. The van der Waals surface area contributed by atoms with Crippen LogP contribution in [0.5, 0.6) is 5.88 Å². The summed E-state index contributed by atoms with van der Waals surface area (Å²) in [4.78, 5) is 34.3. The van der Waals surface area contributed by atoms with Crippen molar-refractivity contribution in [1.29, 1.82) is 0 Å². The van der Waals surface area contributed by atoms with E-state index < -0.39 is 0 Å². The van der Waals surface area contributed by atoms with E-state index in [9.17, 15) is 4.79 Å². The van der Waals surface area contributed by atoms with E-state index in [1.165, 1.54) is 13.4 Å². The van der Waals surface area contributed by atoms with Gasteiger partial charge in [0, 0.05) is 30.2 Å². The van der Waals surface area contributed by atoms with Gasteiger partial charge in [0.05, 0.1) is 24.7 Å². The van der Waals surface area contributed by atoms with Gasteiger partial charge in [-0.25, -0.2) is 24.9 Å². The van der Waals surface area contributed by atoms with E-state index in [0.29, 0.717) is 17.9 Å². The monoisotopic (exact) mass is 454 g/mol. The molecule has 9 nitrogen and oxygen atoms in total. The lowest BCUT2D eigenvalue weighted by Gasteiger charge is -2.16. The summed E-state index contributed by atoms with van der Waals surface area (Å²) in [6.45, 7) is 8.09. The van der Waals surface area contributed by atoms with Gasteiger partial charge < -0.3 is 9.26 Å². The topological polar surface area (TPSA) is 116 Å². The minimum absolute atomic E-state index is 0.0965. The molecule has 0 saturated heterocycles. The van der Waals surface area contributed by atoms with Crippen LogP contribution in [0.4, 0.5) is 5.69 Å². The Hall–Kier alpha value is -3.20. The van der Waals surface area contributed by atoms with Crippen LogP contribution in [0.2, 0.25) is 5.02 Å². The summed E-state index contributed by atoms with van der Waals surface area (Å²) >= 11 is 6.17. The summed E-state index contributed by atoms with van der Waals surface area (Å²) < 4.78 is 10.6. The number of aliphatic imine (C=N–C) groups is 1. The highest BCUT2D eigenvalue weighted by Gasteiger charge is 2.26. The fourth-order valence-corrected chi connectivity index (χ4v) is 3.59. The van der Waals surface area contributed by atoms with Crippen molar-refractivity contribution in [3.8, 4) is 5.88 Å². The molecule has 4 heterocycles. The maximum absolute atomic E-state index is 12.7. The molecule has 0 unspecified atom stereocenters. The summed E-state index contributed by atoms with van der Waals surface area (Å²) in [7, 11) is 1.43. The normalized spacial score (nSPS) is 14.1. The zero-order valence-electron chi connectivity index (χ0n) is 18.5. The van der Waals surface area contributed by atoms with Gasteiger partial charge in [-0.2, -0.15) is 0 Å². The van der Waals surface area contributed by atoms with Crippen LogP contribution in [0.1, 0.15) is 73.5 Å². The summed E-state index contributed by atoms with van der Waals surface area (Å²) in [5.74, 6) is 1.04. The first-order valence-corrected chi connectivity index (χ1v) is 10.5. The van der Waals surface area contributed by atoms with Crippen molar-refractivity contribution in [3.05, 3.63) is 52.3 Å². The minimum Gasteiger partial charge on any atom is -0.480 e. The Morgan fingerprint density at radius 1 is 1.28 bits per heavy atom. The number of ether oxygens (including phenoxy) is 1. The summed E-state index contributed by atoms with van der Waals surface area (Å²) in [5, 5.41) is 4.26. The predicted octanol–water partition coefficient (Wildman–Crippen LogP) is 4.27. The lowest BCUT2D eigenvalue weighted by atomic mass is 9.95. The van der Waals surface area contributed by atoms with Crippen LogP contribution in [-0.2, 0) is 11.8 Å². The van der Waals surface area contributed by atoms with Crippen LogP contribution in [0.3, 0.4) is 0 Å². The molecule has 0 radical (unpaired) electrons. The molecular weight excluding hydrogens is 432 g/mol. The lowest BCUT2D eigenvalue weighted by Crippen LogP contribution is -2.16. The number of rotatable bonds is 6. The molecular formula is C22H23ClN6O3. The molecule has 32 heavy (non-hydrogen) atoms. The number of aromatic nitrogens is 5. The minimum atomic E-state index is -0.239. The molecule has 0 fully saturated rings. The lowest BCUT2D eigenvalue weighted by molar-refractivity contribution is 0.0966. The number of fused-ring (bicyclic) bond motifs is 1. The number of carbonyl (C=O) groups is 1. The number of hydrogen-bond acceptors (Lipinski definition) is 9. The van der Waals surface area contributed by atoms with Crippen molar-refractivity contribution in [2.75, 3.05) is 7.11 Å². The number of Topliss-reactive ketones (excluding diaryl/α,β-unsaturated/α-hetero) is 1. The zero-order valence-corrected chi connectivity index (χ0v) is 19.3. The van der Waals surface area contributed by atoms with E-state index in [0.717, 1.165) is 22.9 Å². The van der Waals surface area contributed by atoms with Crippen molar-refractivity contribution in [2.45, 2.75) is 51.9 Å². The van der Waals surface area contributed by atoms with Crippen molar-refractivity contribution in [2.24, 2.45) is 4.99 Å². The van der Waals surface area contributed by atoms with E-state index in [4.69, 9.17) is 20.9 Å². The third-order valence-electron chi connectivity index (χ3n) is 5.12. The predicted molar refractivity (Wildman–Crippen MR) is 118 cm³/mol. The quantitative estimate of drug-likeness (QED) is 0.507. The third kappa shape index (κ3) is 4.25. The third-order valence-corrected chi connectivity index (χ3v) is 5.46. The van der Waals surface area contributed by atoms with Crippen LogP contribution >= 0.6 is 11.6 Å². The van der Waals surface area contributed by atoms with Gasteiger partial charge in [0.2, 0.25) is 5.88 Å². The Balaban J connectivity index is 1.48. The molecule has 0 bridgehead atoms. The second kappa shape index (κ2) is 8.38. The number of carbonyl (C=O) groups excluding carboxylic acids is 1. The maximum Gasteiger partial charge on any atom is 0.236 e. The van der Waals surface area contributed by atoms with E-state index >= 15 is 0 Å². The highest BCUT2D eigenvalue weighted by Crippen LogP contribution is 2.31. The number of hydrogen-bond donors (Lipinski definition) is 0. The molecule has 1 aliphatic rings. The van der Waals surface area contributed by atoms with Crippen LogP contribution < -0.4 is 4.74 Å². The molecule has 1 aliphatic heterocycles. The summed E-state index contributed by atoms with van der Waals surface area (Å²) in [6, 6.07) is 1.81. The van der Waals surface area contributed by atoms with Crippen molar-refractivity contribution >= 4 is 28.8 Å². The van der Waals surface area contributed by atoms with Crippen molar-refractivity contribution < 1.29 is 14.1 Å². The molecule has 4 rings (SSSR count). The Labute approximate surface area is 190 Å². The molecule has 0 aliphatic carbocycles. The number of halogens is 1. The van der Waals surface area contributed by atoms with Gasteiger partial charge in [-0.3, -0.25) is 4.79 Å². The van der Waals surface area contributed by atoms with Gasteiger partial charge in [0.1, 0.15) is 40.0 Å². The Morgan fingerprint density at radius 3 is 2.78 bits per heavy atom. The molecule has 0 N–H and O–H groups in total. The highest BCUT2D eigenvalue weighted by atomic mass is 35.5. The van der Waals surface area contributed by atoms with Gasteiger partial charge in [-0.1, -0.05) is 44.5 Å². The van der Waals surface area contributed by atoms with E-state index in [-0.39, 0.29) is 40.1 Å². The molecule has 0 spiro atoms. The van der Waals surface area contributed by atoms with E-state index in [2.05, 4.69) is 50.9 Å². The molecule has 0 amide bonds. The second-order valence-electron chi connectivity index (χ2n) is 8.70. The smallest absolute Gasteiger partial charge is 0.236 e. The fourth-order valence-electron chi connectivity index (χ4n) is 3.31. The molecule has 1 atom stereocenters. The first-order valence-electron chi connectivity index (χ1n) is 10.2. The average molecular weight is 455 g/mol. The van der Waals surface area contributed by atoms with E-state index in [1.54, 1.807) is 6.20 Å². The molecule has 3 aromatic heterocycles. The Morgan fingerprint density at radius 2 is 2.06 bits per heavy atom. The van der Waals surface area contributed by atoms with Gasteiger partial charge in [-0.15, -0.1) is 0 Å². The molecule has 0 saturated carbocycles. The zero-order chi connectivity index (χ0) is 23.0. The molecule has 3 aromatic rings. The number of methoxy groups -OCH3 is 1. The van der Waals surface area contributed by atoms with Crippen molar-refractivity contribution in [1.82, 2.24) is 25.1 Å². The SMILES string of the molecule is COc1ncnc(C(=O)C[C@H](C)c2cc(C3=Nc4cnc(C(C)(C)C)nc4C3)no2)c1Cl. The van der Waals surface area contributed by atoms with Gasteiger partial charge in [-0.05, 0) is 0 Å². The maximum atomic E-state index is 12.7.